The van der Waals surface area contributed by atoms with Crippen molar-refractivity contribution in [3.63, 3.8) is 0 Å². The molecule has 1 fully saturated rings. The molecular weight excluding hydrogens is 454 g/mol. The molecule has 5 aromatic heterocycles. The number of anilines is 1. The van der Waals surface area contributed by atoms with Crippen LogP contribution in [0.4, 0.5) is 5.82 Å². The average Bonchev–Trinajstić information content (AvgIpc) is 3.52. The third kappa shape index (κ3) is 3.77. The summed E-state index contributed by atoms with van der Waals surface area (Å²) in [6, 6.07) is 11.8. The molecule has 0 bridgehead atoms. The average molecular weight is 474 g/mol. The molecule has 0 unspecified atom stereocenters. The van der Waals surface area contributed by atoms with Gasteiger partial charge >= 0.3 is 0 Å². The molecule has 5 aromatic rings. The molecule has 1 aliphatic rings. The third-order valence-corrected chi connectivity index (χ3v) is 6.01. The second kappa shape index (κ2) is 8.53. The molecule has 6 rings (SSSR count). The van der Waals surface area contributed by atoms with Crippen LogP contribution < -0.4 is 9.64 Å². The number of ether oxygens (including phenoxy) is 1. The fourth-order valence-electron chi connectivity index (χ4n) is 4.18. The van der Waals surface area contributed by atoms with Crippen LogP contribution in [0, 0.1) is 23.7 Å². The van der Waals surface area contributed by atoms with Gasteiger partial charge in [-0.05, 0) is 30.3 Å². The predicted molar refractivity (Wildman–Crippen MR) is 132 cm³/mol. The van der Waals surface area contributed by atoms with Gasteiger partial charge in [0.1, 0.15) is 35.8 Å². The highest BCUT2D eigenvalue weighted by atomic mass is 16.5. The van der Waals surface area contributed by atoms with Gasteiger partial charge in [-0.25, -0.2) is 19.5 Å². The summed E-state index contributed by atoms with van der Waals surface area (Å²) in [7, 11) is 1.82. The monoisotopic (exact) mass is 473 g/mol. The van der Waals surface area contributed by atoms with E-state index < -0.39 is 0 Å². The highest BCUT2D eigenvalue weighted by Gasteiger charge is 2.29. The minimum Gasteiger partial charge on any atom is -0.485 e. The van der Waals surface area contributed by atoms with Crippen LogP contribution in [0.3, 0.4) is 0 Å². The Morgan fingerprint density at radius 3 is 2.61 bits per heavy atom. The van der Waals surface area contributed by atoms with Crippen molar-refractivity contribution in [2.24, 2.45) is 7.05 Å². The van der Waals surface area contributed by atoms with Gasteiger partial charge in [-0.15, -0.1) is 6.42 Å². The van der Waals surface area contributed by atoms with E-state index in [0.717, 1.165) is 35.6 Å². The first-order valence-corrected chi connectivity index (χ1v) is 11.2. The molecule has 1 saturated heterocycles. The van der Waals surface area contributed by atoms with Crippen LogP contribution in [0.2, 0.25) is 0 Å². The van der Waals surface area contributed by atoms with Crippen LogP contribution in [0.15, 0.2) is 61.4 Å². The Balaban J connectivity index is 1.24. The number of nitriles is 1. The Kier molecular flexibility index (Phi) is 5.05. The van der Waals surface area contributed by atoms with Crippen molar-refractivity contribution in [1.29, 1.82) is 5.26 Å². The van der Waals surface area contributed by atoms with Gasteiger partial charge in [0.05, 0.1) is 36.6 Å². The Labute approximate surface area is 206 Å². The van der Waals surface area contributed by atoms with Gasteiger partial charge in [-0.2, -0.15) is 15.5 Å². The van der Waals surface area contributed by atoms with Gasteiger partial charge in [-0.3, -0.25) is 4.68 Å². The maximum Gasteiger partial charge on any atom is 0.182 e. The molecular formula is C26H19N9O. The Hall–Kier alpha value is -5.22. The molecule has 0 saturated carbocycles. The molecule has 0 spiro atoms. The van der Waals surface area contributed by atoms with E-state index in [4.69, 9.17) is 11.2 Å². The topological polar surface area (TPSA) is 110 Å². The molecule has 10 nitrogen and oxygen atoms in total. The number of aromatic nitrogens is 7. The summed E-state index contributed by atoms with van der Waals surface area (Å²) < 4.78 is 9.30. The first-order chi connectivity index (χ1) is 17.6. The minimum absolute atomic E-state index is 0.0529. The number of nitrogens with zero attached hydrogens (tertiary/aromatic N) is 9. The van der Waals surface area contributed by atoms with E-state index in [1.165, 1.54) is 0 Å². The van der Waals surface area contributed by atoms with Gasteiger partial charge in [-0.1, -0.05) is 5.92 Å². The number of hydrogen-bond acceptors (Lipinski definition) is 8. The third-order valence-electron chi connectivity index (χ3n) is 6.01. The van der Waals surface area contributed by atoms with Gasteiger partial charge in [0.25, 0.3) is 0 Å². The van der Waals surface area contributed by atoms with Crippen LogP contribution >= 0.6 is 0 Å². The summed E-state index contributed by atoms with van der Waals surface area (Å²) in [5.41, 5.74) is 4.28. The molecule has 0 atom stereocenters. The number of aryl methyl sites for hydroxylation is 1. The largest absolute Gasteiger partial charge is 0.485 e. The van der Waals surface area contributed by atoms with Crippen molar-refractivity contribution in [3.8, 4) is 46.7 Å². The van der Waals surface area contributed by atoms with E-state index in [0.29, 0.717) is 28.3 Å². The summed E-state index contributed by atoms with van der Waals surface area (Å²) in [5.74, 6) is 4.63. The van der Waals surface area contributed by atoms with Crippen molar-refractivity contribution >= 4 is 11.3 Å². The highest BCUT2D eigenvalue weighted by molar-refractivity contribution is 5.87. The van der Waals surface area contributed by atoms with Crippen molar-refractivity contribution in [2.45, 2.75) is 6.10 Å². The van der Waals surface area contributed by atoms with Gasteiger partial charge in [0.15, 0.2) is 5.82 Å². The summed E-state index contributed by atoms with van der Waals surface area (Å²) in [6.07, 6.45) is 13.9. The number of fused-ring (bicyclic) bond motifs is 1. The van der Waals surface area contributed by atoms with Gasteiger partial charge in [0, 0.05) is 36.1 Å². The molecule has 10 heteroatoms. The lowest BCUT2D eigenvalue weighted by molar-refractivity contribution is 0.166. The molecule has 36 heavy (non-hydrogen) atoms. The zero-order chi connectivity index (χ0) is 24.6. The maximum absolute atomic E-state index is 9.62. The van der Waals surface area contributed by atoms with Crippen LogP contribution in [0.25, 0.3) is 28.0 Å². The molecule has 0 N–H and O–H groups in total. The Bertz CT molecular complexity index is 1650. The summed E-state index contributed by atoms with van der Waals surface area (Å²) in [6.45, 7) is 1.44. The molecule has 174 valence electrons. The zero-order valence-electron chi connectivity index (χ0n) is 19.3. The molecule has 0 radical (unpaired) electrons. The Morgan fingerprint density at radius 2 is 1.94 bits per heavy atom. The smallest absolute Gasteiger partial charge is 0.182 e. The van der Waals surface area contributed by atoms with Crippen LogP contribution in [0.1, 0.15) is 11.3 Å². The van der Waals surface area contributed by atoms with Crippen molar-refractivity contribution in [1.82, 2.24) is 34.3 Å². The normalized spacial score (nSPS) is 13.2. The van der Waals surface area contributed by atoms with E-state index in [9.17, 15) is 5.26 Å². The van der Waals surface area contributed by atoms with Crippen molar-refractivity contribution in [2.75, 3.05) is 18.0 Å². The molecule has 0 amide bonds. The first kappa shape index (κ1) is 21.3. The Morgan fingerprint density at radius 1 is 1.06 bits per heavy atom. The predicted octanol–water partition coefficient (Wildman–Crippen LogP) is 2.71. The number of terminal acetylenes is 1. The first-order valence-electron chi connectivity index (χ1n) is 11.2. The number of pyridine rings is 3. The lowest BCUT2D eigenvalue weighted by atomic mass is 10.0. The molecule has 1 aliphatic heterocycles. The van der Waals surface area contributed by atoms with Crippen LogP contribution in [0.5, 0.6) is 5.75 Å². The van der Waals surface area contributed by atoms with Gasteiger partial charge < -0.3 is 9.64 Å². The lowest BCUT2D eigenvalue weighted by Gasteiger charge is -2.39. The van der Waals surface area contributed by atoms with Gasteiger partial charge in [0.2, 0.25) is 0 Å². The van der Waals surface area contributed by atoms with Crippen molar-refractivity contribution < 1.29 is 4.74 Å². The fourth-order valence-corrected chi connectivity index (χ4v) is 4.18. The lowest BCUT2D eigenvalue weighted by Crippen LogP contribution is -2.54. The highest BCUT2D eigenvalue weighted by Crippen LogP contribution is 2.32. The fraction of sp³-hybridized carbons (Fsp3) is 0.154. The zero-order valence-corrected chi connectivity index (χ0v) is 19.3. The summed E-state index contributed by atoms with van der Waals surface area (Å²) in [5, 5.41) is 18.4. The number of rotatable bonds is 5. The standard InChI is InChI=1S/C26H19N9O/c1-3-20-5-6-21(12-28-20)36-22-14-34(15-22)24-7-4-17(10-29-24)23-8-18(26-30-16-33(2)32-26)13-35-25(23)19(9-27)11-31-35/h1,4-8,10-13,16,22H,14-15H2,2H3. The second-order valence-electron chi connectivity index (χ2n) is 8.42. The quantitative estimate of drug-likeness (QED) is 0.359. The minimum atomic E-state index is 0.0529. The van der Waals surface area contributed by atoms with Crippen molar-refractivity contribution in [3.05, 3.63) is 72.7 Å². The molecule has 0 aliphatic carbocycles. The van der Waals surface area contributed by atoms with E-state index >= 15 is 0 Å². The molecule has 6 heterocycles. The maximum atomic E-state index is 9.62. The number of hydrogen-bond donors (Lipinski definition) is 0. The van der Waals surface area contributed by atoms with E-state index in [2.05, 4.69) is 42.0 Å². The van der Waals surface area contributed by atoms with Crippen LogP contribution in [-0.2, 0) is 7.05 Å². The van der Waals surface area contributed by atoms with E-state index in [-0.39, 0.29) is 6.10 Å². The SMILES string of the molecule is C#Cc1ccc(OC2CN(c3ccc(-c4cc(-c5ncn(C)n5)cn5ncc(C#N)c45)cn3)C2)cn1. The van der Waals surface area contributed by atoms with E-state index in [1.54, 1.807) is 34.0 Å². The summed E-state index contributed by atoms with van der Waals surface area (Å²) in [4.78, 5) is 15.3. The summed E-state index contributed by atoms with van der Waals surface area (Å²) >= 11 is 0. The second-order valence-corrected chi connectivity index (χ2v) is 8.42. The van der Waals surface area contributed by atoms with E-state index in [1.807, 2.05) is 43.7 Å². The molecule has 0 aromatic carbocycles. The van der Waals surface area contributed by atoms with Crippen LogP contribution in [-0.4, -0.2) is 53.5 Å².